The summed E-state index contributed by atoms with van der Waals surface area (Å²) in [7, 11) is -6.58. The topological polar surface area (TPSA) is 95.6 Å². The monoisotopic (exact) mass is 745 g/mol. The van der Waals surface area contributed by atoms with Crippen molar-refractivity contribution < 1.29 is 22.6 Å². The zero-order valence-corrected chi connectivity index (χ0v) is 32.9. The van der Waals surface area contributed by atoms with Crippen molar-refractivity contribution in [2.75, 3.05) is 6.61 Å². The van der Waals surface area contributed by atoms with Gasteiger partial charge in [0.1, 0.15) is 11.5 Å². The standard InChI is InChI=1S/C43H48N3O5PSi/c1-42(2,3)53(4,5)51-39(33-50-52(47,48-31-34-21-11-6-12-22-34)49-32-35-23-13-7-14-24-35)40-44-41(46-45-40)43(36-25-15-8-16-26-36,37-27-17-9-18-28-37)38-29-19-10-20-30-38/h6-30,39H,31-33H2,1-5H3,(H,44,45,46). The Labute approximate surface area is 314 Å². The highest BCUT2D eigenvalue weighted by molar-refractivity contribution is 7.48. The number of hydrogen-bond donors (Lipinski definition) is 1. The highest BCUT2D eigenvalue weighted by Crippen LogP contribution is 2.52. The maximum absolute atomic E-state index is 14.4. The molecule has 6 rings (SSSR count). The SMILES string of the molecule is CC(C)(C)[Si](C)(C)OC(COP(=O)(OCc1ccccc1)OCc1ccccc1)c1nc(C(c2ccccc2)(c2ccccc2)c2ccccc2)n[nH]1. The van der Waals surface area contributed by atoms with E-state index in [-0.39, 0.29) is 24.9 Å². The molecule has 5 aromatic carbocycles. The maximum atomic E-state index is 14.4. The molecule has 0 saturated heterocycles. The second-order valence-corrected chi connectivity index (χ2v) is 20.9. The van der Waals surface area contributed by atoms with Gasteiger partial charge in [0.25, 0.3) is 0 Å². The molecule has 1 unspecified atom stereocenters. The molecule has 6 aromatic rings. The van der Waals surface area contributed by atoms with Crippen LogP contribution >= 0.6 is 7.82 Å². The van der Waals surface area contributed by atoms with E-state index in [1.807, 2.05) is 115 Å². The van der Waals surface area contributed by atoms with Crippen LogP contribution in [-0.2, 0) is 41.2 Å². The van der Waals surface area contributed by atoms with Gasteiger partial charge in [-0.2, -0.15) is 5.10 Å². The first kappa shape index (κ1) is 38.3. The number of phosphoric acid groups is 1. The second kappa shape index (κ2) is 16.7. The molecular formula is C43H48N3O5PSi. The minimum absolute atomic E-state index is 0.0425. The molecule has 0 saturated carbocycles. The van der Waals surface area contributed by atoms with E-state index in [1.165, 1.54) is 0 Å². The molecule has 0 spiro atoms. The highest BCUT2D eigenvalue weighted by Gasteiger charge is 2.44. The molecule has 274 valence electrons. The molecule has 0 aliphatic rings. The van der Waals surface area contributed by atoms with Crippen molar-refractivity contribution in [3.63, 3.8) is 0 Å². The van der Waals surface area contributed by atoms with Crippen LogP contribution in [0.3, 0.4) is 0 Å². The summed E-state index contributed by atoms with van der Waals surface area (Å²) in [5.41, 5.74) is 3.84. The Bertz CT molecular complexity index is 1910. The number of H-pyrrole nitrogens is 1. The summed E-state index contributed by atoms with van der Waals surface area (Å²) in [5, 5.41) is 8.03. The zero-order valence-electron chi connectivity index (χ0n) is 31.0. The molecule has 53 heavy (non-hydrogen) atoms. The number of aromatic nitrogens is 3. The average Bonchev–Trinajstić information content (AvgIpc) is 3.67. The van der Waals surface area contributed by atoms with E-state index in [4.69, 9.17) is 28.1 Å². The quantitative estimate of drug-likeness (QED) is 0.0598. The van der Waals surface area contributed by atoms with Gasteiger partial charge < -0.3 is 4.43 Å². The van der Waals surface area contributed by atoms with Crippen molar-refractivity contribution in [3.8, 4) is 0 Å². The number of nitrogens with one attached hydrogen (secondary N) is 1. The van der Waals surface area contributed by atoms with Crippen molar-refractivity contribution in [2.45, 2.75) is 63.6 Å². The van der Waals surface area contributed by atoms with Crippen LogP contribution in [0.25, 0.3) is 0 Å². The van der Waals surface area contributed by atoms with Gasteiger partial charge in [0.2, 0.25) is 0 Å². The molecule has 0 aliphatic heterocycles. The Morgan fingerprint density at radius 1 is 0.623 bits per heavy atom. The van der Waals surface area contributed by atoms with E-state index in [9.17, 15) is 4.57 Å². The first-order chi connectivity index (χ1) is 25.5. The van der Waals surface area contributed by atoms with Gasteiger partial charge in [0, 0.05) is 0 Å². The van der Waals surface area contributed by atoms with E-state index < -0.39 is 27.7 Å². The van der Waals surface area contributed by atoms with Gasteiger partial charge >= 0.3 is 7.82 Å². The summed E-state index contributed by atoms with van der Waals surface area (Å²) in [6, 6.07) is 49.9. The van der Waals surface area contributed by atoms with Crippen LogP contribution < -0.4 is 0 Å². The number of phosphoric ester groups is 1. The summed E-state index contributed by atoms with van der Waals surface area (Å²) in [6.07, 6.45) is -0.772. The average molecular weight is 746 g/mol. The fourth-order valence-corrected chi connectivity index (χ4v) is 8.37. The molecule has 1 atom stereocenters. The van der Waals surface area contributed by atoms with E-state index in [0.717, 1.165) is 27.8 Å². The Morgan fingerprint density at radius 3 is 1.42 bits per heavy atom. The largest absolute Gasteiger partial charge is 0.475 e. The van der Waals surface area contributed by atoms with Crippen LogP contribution in [0.15, 0.2) is 152 Å². The van der Waals surface area contributed by atoms with Crippen molar-refractivity contribution in [3.05, 3.63) is 191 Å². The summed E-state index contributed by atoms with van der Waals surface area (Å²) in [5.74, 6) is 0.999. The first-order valence-corrected chi connectivity index (χ1v) is 22.3. The molecule has 0 bridgehead atoms. The number of benzene rings is 5. The minimum Gasteiger partial charge on any atom is -0.404 e. The fraction of sp³-hybridized carbons (Fsp3) is 0.256. The van der Waals surface area contributed by atoms with E-state index >= 15 is 0 Å². The third kappa shape index (κ3) is 9.02. The van der Waals surface area contributed by atoms with Crippen LogP contribution in [0.4, 0.5) is 0 Å². The first-order valence-electron chi connectivity index (χ1n) is 17.9. The summed E-state index contributed by atoms with van der Waals surface area (Å²) in [6.45, 7) is 10.8. The van der Waals surface area contributed by atoms with Gasteiger partial charge in [-0.3, -0.25) is 18.7 Å². The minimum atomic E-state index is -4.13. The lowest BCUT2D eigenvalue weighted by molar-refractivity contribution is 0.0553. The Kier molecular flexibility index (Phi) is 12.0. The zero-order chi connectivity index (χ0) is 37.4. The molecule has 0 radical (unpaired) electrons. The van der Waals surface area contributed by atoms with E-state index in [1.54, 1.807) is 0 Å². The lowest BCUT2D eigenvalue weighted by Gasteiger charge is -2.38. The normalized spacial score (nSPS) is 13.2. The van der Waals surface area contributed by atoms with Gasteiger partial charge in [0.15, 0.2) is 20.0 Å². The van der Waals surface area contributed by atoms with Crippen LogP contribution in [0, 0.1) is 0 Å². The Hall–Kier alpha value is -4.47. The summed E-state index contributed by atoms with van der Waals surface area (Å²) >= 11 is 0. The van der Waals surface area contributed by atoms with Gasteiger partial charge in [-0.05, 0) is 45.9 Å². The molecular weight excluding hydrogens is 698 g/mol. The molecule has 0 aliphatic carbocycles. The predicted molar refractivity (Wildman–Crippen MR) is 212 cm³/mol. The smallest absolute Gasteiger partial charge is 0.404 e. The van der Waals surface area contributed by atoms with Crippen LogP contribution in [0.1, 0.15) is 66.3 Å². The molecule has 1 heterocycles. The van der Waals surface area contributed by atoms with Crippen LogP contribution in [-0.4, -0.2) is 30.1 Å². The van der Waals surface area contributed by atoms with Crippen molar-refractivity contribution in [2.24, 2.45) is 0 Å². The molecule has 8 nitrogen and oxygen atoms in total. The second-order valence-electron chi connectivity index (χ2n) is 14.5. The lowest BCUT2D eigenvalue weighted by Crippen LogP contribution is -2.42. The number of nitrogens with zero attached hydrogens (tertiary/aromatic N) is 2. The molecule has 10 heteroatoms. The molecule has 1 aromatic heterocycles. The number of rotatable bonds is 16. The predicted octanol–water partition coefficient (Wildman–Crippen LogP) is 10.8. The van der Waals surface area contributed by atoms with Crippen molar-refractivity contribution in [1.82, 2.24) is 15.2 Å². The van der Waals surface area contributed by atoms with Gasteiger partial charge in [-0.1, -0.05) is 172 Å². The van der Waals surface area contributed by atoms with E-state index in [2.05, 4.69) is 75.4 Å². The van der Waals surface area contributed by atoms with Crippen LogP contribution in [0.5, 0.6) is 0 Å². The van der Waals surface area contributed by atoms with Crippen LogP contribution in [0.2, 0.25) is 18.1 Å². The maximum Gasteiger partial charge on any atom is 0.475 e. The third-order valence-electron chi connectivity index (χ3n) is 9.85. The van der Waals surface area contributed by atoms with E-state index in [0.29, 0.717) is 11.6 Å². The van der Waals surface area contributed by atoms with Gasteiger partial charge in [0.05, 0.1) is 19.8 Å². The van der Waals surface area contributed by atoms with Gasteiger partial charge in [-0.25, -0.2) is 9.55 Å². The third-order valence-corrected chi connectivity index (χ3v) is 15.7. The fourth-order valence-electron chi connectivity index (χ4n) is 5.97. The van der Waals surface area contributed by atoms with Crippen molar-refractivity contribution >= 4 is 16.1 Å². The molecule has 1 N–H and O–H groups in total. The summed E-state index contributed by atoms with van der Waals surface area (Å²) in [4.78, 5) is 5.25. The summed E-state index contributed by atoms with van der Waals surface area (Å²) < 4.78 is 39.6. The highest BCUT2D eigenvalue weighted by atomic mass is 31.2. The lowest BCUT2D eigenvalue weighted by atomic mass is 9.69. The molecule has 0 amide bonds. The Balaban J connectivity index is 1.40. The number of aromatic amines is 1. The Morgan fingerprint density at radius 2 is 1.02 bits per heavy atom. The molecule has 0 fully saturated rings. The van der Waals surface area contributed by atoms with Gasteiger partial charge in [-0.15, -0.1) is 0 Å². The number of hydrogen-bond acceptors (Lipinski definition) is 7. The van der Waals surface area contributed by atoms with Crippen molar-refractivity contribution in [1.29, 1.82) is 0 Å².